The van der Waals surface area contributed by atoms with Crippen LogP contribution in [0.4, 0.5) is 0 Å². The molecule has 1 amide bonds. The first-order chi connectivity index (χ1) is 12.9. The monoisotopic (exact) mass is 417 g/mol. The van der Waals surface area contributed by atoms with Crippen LogP contribution in [0.15, 0.2) is 69.8 Å². The molecule has 0 spiro atoms. The van der Waals surface area contributed by atoms with E-state index in [2.05, 4.69) is 6.07 Å². The Morgan fingerprint density at radius 2 is 1.67 bits per heavy atom. The number of fused-ring (bicyclic) bond motifs is 1. The molecule has 1 aliphatic heterocycles. The van der Waals surface area contributed by atoms with E-state index in [9.17, 15) is 13.2 Å². The van der Waals surface area contributed by atoms with Gasteiger partial charge in [-0.25, -0.2) is 8.42 Å². The molecule has 0 atom stereocenters. The van der Waals surface area contributed by atoms with Gasteiger partial charge in [0.25, 0.3) is 5.91 Å². The van der Waals surface area contributed by atoms with E-state index >= 15 is 0 Å². The first kappa shape index (κ1) is 18.2. The van der Waals surface area contributed by atoms with Crippen LogP contribution < -0.4 is 0 Å². The highest BCUT2D eigenvalue weighted by Gasteiger charge is 2.26. The summed E-state index contributed by atoms with van der Waals surface area (Å²) < 4.78 is 25.7. The lowest BCUT2D eigenvalue weighted by atomic mass is 10.00. The largest absolute Gasteiger partial charge is 0.333 e. The van der Waals surface area contributed by atoms with Crippen LogP contribution in [0.3, 0.4) is 0 Å². The summed E-state index contributed by atoms with van der Waals surface area (Å²) in [6.07, 6.45) is 0.809. The van der Waals surface area contributed by atoms with Crippen LogP contribution in [0.2, 0.25) is 5.02 Å². The molecule has 1 aliphatic rings. The fraction of sp³-hybridized carbons (Fsp3) is 0.150. The number of nitrogens with zero attached hydrogens (tertiary/aromatic N) is 1. The second-order valence-electron chi connectivity index (χ2n) is 6.32. The molecular weight excluding hydrogens is 402 g/mol. The van der Waals surface area contributed by atoms with Crippen molar-refractivity contribution in [2.45, 2.75) is 22.1 Å². The summed E-state index contributed by atoms with van der Waals surface area (Å²) in [6, 6.07) is 17.2. The standard InChI is InChI=1S/C20H16ClNO3S2/c21-16-5-7-17(8-6-16)27(24,25)19-10-9-18(26-19)20(23)22-12-11-14-3-1-2-4-15(14)13-22/h1-10H,11-13H2. The van der Waals surface area contributed by atoms with E-state index in [4.69, 9.17) is 11.6 Å². The van der Waals surface area contributed by atoms with Gasteiger partial charge in [0.2, 0.25) is 9.84 Å². The van der Waals surface area contributed by atoms with Crippen molar-refractivity contribution in [3.63, 3.8) is 0 Å². The van der Waals surface area contributed by atoms with Crippen LogP contribution in [0, 0.1) is 0 Å². The Morgan fingerprint density at radius 1 is 0.963 bits per heavy atom. The molecule has 4 rings (SSSR count). The summed E-state index contributed by atoms with van der Waals surface area (Å²) in [5.41, 5.74) is 2.40. The van der Waals surface area contributed by atoms with Crippen molar-refractivity contribution >= 4 is 38.7 Å². The molecule has 4 nitrogen and oxygen atoms in total. The summed E-state index contributed by atoms with van der Waals surface area (Å²) in [6.45, 7) is 1.18. The predicted molar refractivity (Wildman–Crippen MR) is 106 cm³/mol. The third kappa shape index (κ3) is 3.52. The van der Waals surface area contributed by atoms with Crippen molar-refractivity contribution in [3.05, 3.63) is 81.7 Å². The molecule has 0 bridgehead atoms. The van der Waals surface area contributed by atoms with E-state index < -0.39 is 9.84 Å². The maximum atomic E-state index is 12.9. The molecule has 2 heterocycles. The Balaban J connectivity index is 1.57. The molecule has 0 unspecified atom stereocenters. The fourth-order valence-corrected chi connectivity index (χ4v) is 5.94. The molecule has 0 fully saturated rings. The molecular formula is C20H16ClNO3S2. The zero-order valence-electron chi connectivity index (χ0n) is 14.3. The first-order valence-electron chi connectivity index (χ1n) is 8.42. The highest BCUT2D eigenvalue weighted by molar-refractivity contribution is 7.93. The van der Waals surface area contributed by atoms with Crippen LogP contribution in [-0.2, 0) is 22.8 Å². The summed E-state index contributed by atoms with van der Waals surface area (Å²) in [7, 11) is -3.66. The molecule has 0 aliphatic carbocycles. The van der Waals surface area contributed by atoms with Gasteiger partial charge < -0.3 is 4.90 Å². The van der Waals surface area contributed by atoms with E-state index in [1.165, 1.54) is 23.8 Å². The lowest BCUT2D eigenvalue weighted by molar-refractivity contribution is 0.0739. The van der Waals surface area contributed by atoms with Gasteiger partial charge in [0, 0.05) is 18.1 Å². The topological polar surface area (TPSA) is 54.5 Å². The van der Waals surface area contributed by atoms with Gasteiger partial charge in [0.1, 0.15) is 4.21 Å². The zero-order chi connectivity index (χ0) is 19.0. The number of carbonyl (C=O) groups excluding carboxylic acids is 1. The number of amides is 1. The highest BCUT2D eigenvalue weighted by Crippen LogP contribution is 2.30. The van der Waals surface area contributed by atoms with Crippen molar-refractivity contribution in [1.29, 1.82) is 0 Å². The number of carbonyl (C=O) groups is 1. The molecule has 0 saturated heterocycles. The van der Waals surface area contributed by atoms with Crippen molar-refractivity contribution in [2.75, 3.05) is 6.54 Å². The minimum atomic E-state index is -3.66. The fourth-order valence-electron chi connectivity index (χ4n) is 3.13. The molecule has 1 aromatic heterocycles. The summed E-state index contributed by atoms with van der Waals surface area (Å²) in [4.78, 5) is 15.2. The van der Waals surface area contributed by atoms with Crippen LogP contribution in [-0.4, -0.2) is 25.8 Å². The van der Waals surface area contributed by atoms with E-state index in [1.807, 2.05) is 18.2 Å². The molecule has 7 heteroatoms. The average molecular weight is 418 g/mol. The molecule has 2 aromatic carbocycles. The minimum Gasteiger partial charge on any atom is -0.333 e. The number of hydrogen-bond acceptors (Lipinski definition) is 4. The Kier molecular flexibility index (Phi) is 4.80. The van der Waals surface area contributed by atoms with E-state index in [1.54, 1.807) is 23.1 Å². The summed E-state index contributed by atoms with van der Waals surface area (Å²) >= 11 is 6.84. The number of benzene rings is 2. The van der Waals surface area contributed by atoms with Gasteiger partial charge in [0.15, 0.2) is 0 Å². The number of hydrogen-bond donors (Lipinski definition) is 0. The number of sulfone groups is 1. The average Bonchev–Trinajstić information content (AvgIpc) is 3.18. The summed E-state index contributed by atoms with van der Waals surface area (Å²) in [5.74, 6) is -0.132. The Hall–Kier alpha value is -2.15. The van der Waals surface area contributed by atoms with Crippen LogP contribution >= 0.6 is 22.9 Å². The van der Waals surface area contributed by atoms with Gasteiger partial charge in [-0.3, -0.25) is 4.79 Å². The van der Waals surface area contributed by atoms with Gasteiger partial charge >= 0.3 is 0 Å². The molecule has 27 heavy (non-hydrogen) atoms. The predicted octanol–water partition coefficient (Wildman–Crippen LogP) is 4.43. The molecule has 3 aromatic rings. The van der Waals surface area contributed by atoms with Crippen molar-refractivity contribution in [2.24, 2.45) is 0 Å². The second kappa shape index (κ2) is 7.11. The first-order valence-corrected chi connectivity index (χ1v) is 11.1. The maximum absolute atomic E-state index is 12.9. The SMILES string of the molecule is O=C(c1ccc(S(=O)(=O)c2ccc(Cl)cc2)s1)N1CCc2ccccc2C1. The van der Waals surface area contributed by atoms with Crippen molar-refractivity contribution in [1.82, 2.24) is 4.90 Å². The molecule has 0 radical (unpaired) electrons. The Bertz CT molecular complexity index is 1100. The quantitative estimate of drug-likeness (QED) is 0.633. The second-order valence-corrected chi connectivity index (χ2v) is 10.0. The molecule has 138 valence electrons. The van der Waals surface area contributed by atoms with Crippen LogP contribution in [0.5, 0.6) is 0 Å². The van der Waals surface area contributed by atoms with E-state index in [0.717, 1.165) is 23.3 Å². The third-order valence-corrected chi connectivity index (χ3v) is 8.19. The third-order valence-electron chi connectivity index (χ3n) is 4.60. The van der Waals surface area contributed by atoms with Crippen molar-refractivity contribution in [3.8, 4) is 0 Å². The van der Waals surface area contributed by atoms with Crippen LogP contribution in [0.25, 0.3) is 0 Å². The van der Waals surface area contributed by atoms with E-state index in [0.29, 0.717) is 23.0 Å². The Morgan fingerprint density at radius 3 is 2.41 bits per heavy atom. The smallest absolute Gasteiger partial charge is 0.264 e. The lowest BCUT2D eigenvalue weighted by Crippen LogP contribution is -2.35. The van der Waals surface area contributed by atoms with Crippen molar-refractivity contribution < 1.29 is 13.2 Å². The number of halogens is 1. The normalized spacial score (nSPS) is 14.0. The Labute approximate surface area is 166 Å². The van der Waals surface area contributed by atoms with E-state index in [-0.39, 0.29) is 15.0 Å². The van der Waals surface area contributed by atoms with Crippen LogP contribution in [0.1, 0.15) is 20.8 Å². The highest BCUT2D eigenvalue weighted by atomic mass is 35.5. The van der Waals surface area contributed by atoms with Gasteiger partial charge in [-0.2, -0.15) is 0 Å². The maximum Gasteiger partial charge on any atom is 0.264 e. The summed E-state index contributed by atoms with van der Waals surface area (Å²) in [5, 5.41) is 0.473. The number of rotatable bonds is 3. The minimum absolute atomic E-state index is 0.132. The van der Waals surface area contributed by atoms with Gasteiger partial charge in [-0.1, -0.05) is 35.9 Å². The molecule has 0 N–H and O–H groups in total. The zero-order valence-corrected chi connectivity index (χ0v) is 16.7. The lowest BCUT2D eigenvalue weighted by Gasteiger charge is -2.28. The number of thiophene rings is 1. The van der Waals surface area contributed by atoms with Gasteiger partial charge in [-0.15, -0.1) is 11.3 Å². The van der Waals surface area contributed by atoms with Gasteiger partial charge in [0.05, 0.1) is 9.77 Å². The molecule has 0 saturated carbocycles. The van der Waals surface area contributed by atoms with Gasteiger partial charge in [-0.05, 0) is 53.9 Å².